The molecule has 0 aromatic heterocycles. The van der Waals surface area contributed by atoms with Crippen molar-refractivity contribution in [2.45, 2.75) is 25.4 Å². The molecule has 1 saturated carbocycles. The zero-order valence-corrected chi connectivity index (χ0v) is 10.8. The second-order valence-electron chi connectivity index (χ2n) is 5.09. The number of benzene rings is 2. The van der Waals surface area contributed by atoms with E-state index in [0.717, 1.165) is 36.6 Å². The van der Waals surface area contributed by atoms with Crippen molar-refractivity contribution in [2.24, 2.45) is 0 Å². The molecule has 1 nitrogen and oxygen atoms in total. The lowest BCUT2D eigenvalue weighted by Crippen LogP contribution is -2.15. The van der Waals surface area contributed by atoms with E-state index in [9.17, 15) is 13.2 Å². The molecule has 1 N–H and O–H groups in total. The highest BCUT2D eigenvalue weighted by atomic mass is 19.1. The third kappa shape index (κ3) is 2.85. The van der Waals surface area contributed by atoms with Gasteiger partial charge in [0.2, 0.25) is 0 Å². The Morgan fingerprint density at radius 1 is 0.900 bits per heavy atom. The zero-order valence-electron chi connectivity index (χ0n) is 10.8. The summed E-state index contributed by atoms with van der Waals surface area (Å²) in [4.78, 5) is 0. The number of hydrogen-bond acceptors (Lipinski definition) is 1. The minimum atomic E-state index is -0.627. The molecule has 0 spiro atoms. The van der Waals surface area contributed by atoms with Crippen molar-refractivity contribution in [3.05, 3.63) is 59.4 Å². The van der Waals surface area contributed by atoms with Crippen LogP contribution in [-0.4, -0.2) is 6.04 Å². The summed E-state index contributed by atoms with van der Waals surface area (Å²) in [5.41, 5.74) is 0.907. The minimum absolute atomic E-state index is 0.0456. The molecule has 4 heteroatoms. The van der Waals surface area contributed by atoms with Gasteiger partial charge in [-0.1, -0.05) is 6.07 Å². The van der Waals surface area contributed by atoms with Gasteiger partial charge < -0.3 is 5.32 Å². The summed E-state index contributed by atoms with van der Waals surface area (Å²) in [7, 11) is 0. The van der Waals surface area contributed by atoms with E-state index in [1.807, 2.05) is 0 Å². The summed E-state index contributed by atoms with van der Waals surface area (Å²) in [5.74, 6) is -1.76. The Bertz CT molecular complexity index is 636. The third-order valence-corrected chi connectivity index (χ3v) is 3.42. The Kier molecular flexibility index (Phi) is 3.49. The van der Waals surface area contributed by atoms with Gasteiger partial charge in [0.1, 0.15) is 17.5 Å². The van der Waals surface area contributed by atoms with Crippen molar-refractivity contribution < 1.29 is 13.2 Å². The molecule has 1 fully saturated rings. The van der Waals surface area contributed by atoms with Gasteiger partial charge in [0, 0.05) is 23.7 Å². The molecule has 0 unspecified atom stereocenters. The molecular formula is C16H14F3N. The zero-order chi connectivity index (χ0) is 14.1. The van der Waals surface area contributed by atoms with Crippen molar-refractivity contribution in [1.29, 1.82) is 0 Å². The van der Waals surface area contributed by atoms with E-state index >= 15 is 0 Å². The molecule has 0 radical (unpaired) electrons. The Balaban J connectivity index is 1.94. The van der Waals surface area contributed by atoms with Crippen molar-refractivity contribution in [3.63, 3.8) is 0 Å². The first-order valence-electron chi connectivity index (χ1n) is 6.61. The topological polar surface area (TPSA) is 12.0 Å². The molecule has 0 heterocycles. The first kappa shape index (κ1) is 13.2. The molecule has 20 heavy (non-hydrogen) atoms. The summed E-state index contributed by atoms with van der Waals surface area (Å²) in [6.07, 6.45) is 2.32. The van der Waals surface area contributed by atoms with Crippen LogP contribution in [0.3, 0.4) is 0 Å². The van der Waals surface area contributed by atoms with Crippen LogP contribution in [0.1, 0.15) is 18.4 Å². The van der Waals surface area contributed by atoms with E-state index < -0.39 is 17.5 Å². The summed E-state index contributed by atoms with van der Waals surface area (Å²) < 4.78 is 40.8. The summed E-state index contributed by atoms with van der Waals surface area (Å²) in [5, 5.41) is 3.31. The largest absolute Gasteiger partial charge is 0.310 e. The SMILES string of the molecule is Fc1ccc(F)c(-c2cc(CNC3CC3)ccc2F)c1. The van der Waals surface area contributed by atoms with Crippen molar-refractivity contribution in [3.8, 4) is 11.1 Å². The Morgan fingerprint density at radius 3 is 2.25 bits per heavy atom. The van der Waals surface area contributed by atoms with E-state index in [2.05, 4.69) is 5.32 Å². The normalized spacial score (nSPS) is 14.6. The van der Waals surface area contributed by atoms with Crippen LogP contribution in [0.2, 0.25) is 0 Å². The second kappa shape index (κ2) is 5.29. The first-order valence-corrected chi connectivity index (χ1v) is 6.61. The van der Waals surface area contributed by atoms with E-state index in [-0.39, 0.29) is 11.1 Å². The fourth-order valence-corrected chi connectivity index (χ4v) is 2.14. The predicted octanol–water partition coefficient (Wildman–Crippen LogP) is 4.02. The highest BCUT2D eigenvalue weighted by Crippen LogP contribution is 2.28. The van der Waals surface area contributed by atoms with Gasteiger partial charge in [0.05, 0.1) is 0 Å². The maximum absolute atomic E-state index is 13.9. The van der Waals surface area contributed by atoms with E-state index in [1.54, 1.807) is 12.1 Å². The fourth-order valence-electron chi connectivity index (χ4n) is 2.14. The van der Waals surface area contributed by atoms with Crippen LogP contribution in [0.15, 0.2) is 36.4 Å². The molecule has 0 atom stereocenters. The Hall–Kier alpha value is -1.81. The highest BCUT2D eigenvalue weighted by Gasteiger charge is 2.20. The average molecular weight is 277 g/mol. The summed E-state index contributed by atoms with van der Waals surface area (Å²) in [6, 6.07) is 8.12. The maximum atomic E-state index is 13.9. The van der Waals surface area contributed by atoms with Gasteiger partial charge in [0.15, 0.2) is 0 Å². The van der Waals surface area contributed by atoms with Crippen LogP contribution in [0.5, 0.6) is 0 Å². The van der Waals surface area contributed by atoms with Crippen molar-refractivity contribution in [2.75, 3.05) is 0 Å². The van der Waals surface area contributed by atoms with Crippen LogP contribution < -0.4 is 5.32 Å². The lowest BCUT2D eigenvalue weighted by atomic mass is 10.0. The third-order valence-electron chi connectivity index (χ3n) is 3.42. The predicted molar refractivity (Wildman–Crippen MR) is 71.6 cm³/mol. The van der Waals surface area contributed by atoms with E-state index in [1.165, 1.54) is 6.07 Å². The van der Waals surface area contributed by atoms with E-state index in [0.29, 0.717) is 12.6 Å². The van der Waals surface area contributed by atoms with Gasteiger partial charge in [-0.2, -0.15) is 0 Å². The Morgan fingerprint density at radius 2 is 1.55 bits per heavy atom. The molecule has 0 amide bonds. The molecule has 2 aromatic rings. The van der Waals surface area contributed by atoms with Gasteiger partial charge in [-0.25, -0.2) is 13.2 Å². The second-order valence-corrected chi connectivity index (χ2v) is 5.09. The summed E-state index contributed by atoms with van der Waals surface area (Å²) >= 11 is 0. The number of nitrogens with one attached hydrogen (secondary N) is 1. The quantitative estimate of drug-likeness (QED) is 0.890. The molecule has 1 aliphatic carbocycles. The van der Waals surface area contributed by atoms with Crippen molar-refractivity contribution in [1.82, 2.24) is 5.32 Å². The molecule has 1 aliphatic rings. The van der Waals surface area contributed by atoms with Crippen LogP contribution in [0.25, 0.3) is 11.1 Å². The average Bonchev–Trinajstić information content (AvgIpc) is 3.25. The lowest BCUT2D eigenvalue weighted by Gasteiger charge is -2.09. The van der Waals surface area contributed by atoms with Crippen LogP contribution >= 0.6 is 0 Å². The highest BCUT2D eigenvalue weighted by molar-refractivity contribution is 5.65. The van der Waals surface area contributed by atoms with E-state index in [4.69, 9.17) is 0 Å². The molecule has 0 saturated heterocycles. The molecular weight excluding hydrogens is 263 g/mol. The maximum Gasteiger partial charge on any atom is 0.131 e. The number of rotatable bonds is 4. The van der Waals surface area contributed by atoms with Gasteiger partial charge >= 0.3 is 0 Å². The molecule has 104 valence electrons. The molecule has 0 bridgehead atoms. The van der Waals surface area contributed by atoms with Crippen LogP contribution in [0.4, 0.5) is 13.2 Å². The fraction of sp³-hybridized carbons (Fsp3) is 0.250. The summed E-state index contributed by atoms with van der Waals surface area (Å²) in [6.45, 7) is 0.606. The number of halogens is 3. The minimum Gasteiger partial charge on any atom is -0.310 e. The standard InChI is InChI=1S/C16H14F3N/c17-11-2-6-16(19)14(8-11)13-7-10(1-5-15(13)18)9-20-12-3-4-12/h1-2,5-8,12,20H,3-4,9H2. The number of hydrogen-bond donors (Lipinski definition) is 1. The van der Waals surface area contributed by atoms with Crippen molar-refractivity contribution >= 4 is 0 Å². The van der Waals surface area contributed by atoms with Gasteiger partial charge in [-0.3, -0.25) is 0 Å². The molecule has 3 rings (SSSR count). The Labute approximate surface area is 115 Å². The van der Waals surface area contributed by atoms with Gasteiger partial charge in [0.25, 0.3) is 0 Å². The monoisotopic (exact) mass is 277 g/mol. The molecule has 0 aliphatic heterocycles. The lowest BCUT2D eigenvalue weighted by molar-refractivity contribution is 0.597. The van der Waals surface area contributed by atoms with Gasteiger partial charge in [-0.15, -0.1) is 0 Å². The first-order chi connectivity index (χ1) is 9.63. The van der Waals surface area contributed by atoms with Crippen LogP contribution in [0, 0.1) is 17.5 Å². The van der Waals surface area contributed by atoms with Gasteiger partial charge in [-0.05, 0) is 48.7 Å². The smallest absolute Gasteiger partial charge is 0.131 e. The van der Waals surface area contributed by atoms with Crippen LogP contribution in [-0.2, 0) is 6.54 Å². The molecule has 2 aromatic carbocycles.